The Morgan fingerprint density at radius 1 is 0.914 bits per heavy atom. The van der Waals surface area contributed by atoms with Gasteiger partial charge in [-0.2, -0.15) is 8.42 Å². The van der Waals surface area contributed by atoms with Gasteiger partial charge < -0.3 is 5.32 Å². The zero-order valence-corrected chi connectivity index (χ0v) is 19.7. The second kappa shape index (κ2) is 9.40. The van der Waals surface area contributed by atoms with Gasteiger partial charge in [0.15, 0.2) is 0 Å². The number of aromatic nitrogens is 2. The fourth-order valence-corrected chi connectivity index (χ4v) is 4.41. The Labute approximate surface area is 202 Å². The third-order valence-electron chi connectivity index (χ3n) is 5.65. The summed E-state index contributed by atoms with van der Waals surface area (Å²) >= 11 is 0. The highest BCUT2D eigenvalue weighted by molar-refractivity contribution is 7.85. The van der Waals surface area contributed by atoms with E-state index < -0.39 is 10.1 Å². The summed E-state index contributed by atoms with van der Waals surface area (Å²) in [7, 11) is -3.45. The van der Waals surface area contributed by atoms with Crippen molar-refractivity contribution >= 4 is 43.4 Å². The molecule has 1 heterocycles. The molecule has 1 N–H and O–H groups in total. The van der Waals surface area contributed by atoms with Gasteiger partial charge in [0.1, 0.15) is 5.82 Å². The summed E-state index contributed by atoms with van der Waals surface area (Å²) < 4.78 is 41.6. The first-order valence-electron chi connectivity index (χ1n) is 11.0. The highest BCUT2D eigenvalue weighted by Gasteiger charge is 2.13. The van der Waals surface area contributed by atoms with Crippen molar-refractivity contribution in [2.75, 3.05) is 18.2 Å². The Hall–Kier alpha value is -3.88. The van der Waals surface area contributed by atoms with Crippen molar-refractivity contribution in [3.05, 3.63) is 96.4 Å². The molecule has 8 heteroatoms. The summed E-state index contributed by atoms with van der Waals surface area (Å²) in [4.78, 5) is 9.21. The lowest BCUT2D eigenvalue weighted by molar-refractivity contribution is 0.326. The number of hydrogen-bond donors (Lipinski definition) is 1. The number of benzene rings is 4. The summed E-state index contributed by atoms with van der Waals surface area (Å²) in [5.41, 5.74) is 3.85. The van der Waals surface area contributed by atoms with E-state index in [-0.39, 0.29) is 12.4 Å². The van der Waals surface area contributed by atoms with E-state index in [9.17, 15) is 12.8 Å². The fraction of sp³-hybridized carbons (Fsp3) is 0.111. The van der Waals surface area contributed by atoms with Gasteiger partial charge in [-0.3, -0.25) is 4.18 Å². The highest BCUT2D eigenvalue weighted by atomic mass is 32.2. The smallest absolute Gasteiger partial charge is 0.264 e. The van der Waals surface area contributed by atoms with Crippen LogP contribution >= 0.6 is 0 Å². The van der Waals surface area contributed by atoms with Crippen LogP contribution in [0.25, 0.3) is 32.8 Å². The second-order valence-corrected chi connectivity index (χ2v) is 9.82. The predicted octanol–water partition coefficient (Wildman–Crippen LogP) is 5.85. The van der Waals surface area contributed by atoms with Crippen LogP contribution in [0.2, 0.25) is 0 Å². The van der Waals surface area contributed by atoms with Gasteiger partial charge in [0.2, 0.25) is 5.95 Å². The number of nitrogens with zero attached hydrogens (tertiary/aromatic N) is 2. The average molecular weight is 488 g/mol. The number of hydrogen-bond acceptors (Lipinski definition) is 6. The molecule has 0 saturated heterocycles. The van der Waals surface area contributed by atoms with Crippen LogP contribution in [0.1, 0.15) is 5.56 Å². The molecular formula is C27H22FN3O3S. The van der Waals surface area contributed by atoms with Crippen LogP contribution in [0.3, 0.4) is 0 Å². The van der Waals surface area contributed by atoms with E-state index in [1.165, 1.54) is 6.07 Å². The van der Waals surface area contributed by atoms with E-state index in [2.05, 4.69) is 10.3 Å². The molecule has 0 radical (unpaired) electrons. The van der Waals surface area contributed by atoms with Gasteiger partial charge in [-0.1, -0.05) is 54.6 Å². The van der Waals surface area contributed by atoms with E-state index in [0.717, 1.165) is 44.7 Å². The Morgan fingerprint density at radius 3 is 2.37 bits per heavy atom. The molecule has 5 rings (SSSR count). The van der Waals surface area contributed by atoms with Crippen molar-refractivity contribution in [2.45, 2.75) is 6.42 Å². The summed E-state index contributed by atoms with van der Waals surface area (Å²) in [5, 5.41) is 5.85. The van der Waals surface area contributed by atoms with Gasteiger partial charge >= 0.3 is 0 Å². The third kappa shape index (κ3) is 5.13. The maximum atomic E-state index is 14.6. The van der Waals surface area contributed by atoms with Crippen LogP contribution in [0.15, 0.2) is 85.1 Å². The Bertz CT molecular complexity index is 1640. The minimum absolute atomic E-state index is 0.0985. The molecule has 35 heavy (non-hydrogen) atoms. The van der Waals surface area contributed by atoms with Crippen molar-refractivity contribution in [2.24, 2.45) is 0 Å². The number of nitrogens with one attached hydrogen (secondary N) is 1. The molecule has 0 fully saturated rings. The predicted molar refractivity (Wildman–Crippen MR) is 137 cm³/mol. The van der Waals surface area contributed by atoms with Gasteiger partial charge in [0, 0.05) is 28.2 Å². The quantitative estimate of drug-likeness (QED) is 0.229. The molecule has 4 aromatic carbocycles. The Morgan fingerprint density at radius 2 is 1.63 bits per heavy atom. The second-order valence-electron chi connectivity index (χ2n) is 8.18. The summed E-state index contributed by atoms with van der Waals surface area (Å²) in [6.45, 7) is 0.0985. The lowest BCUT2D eigenvalue weighted by Gasteiger charge is -2.12. The molecule has 0 unspecified atom stereocenters. The molecule has 0 saturated carbocycles. The van der Waals surface area contributed by atoms with E-state index in [1.807, 2.05) is 60.7 Å². The molecular weight excluding hydrogens is 465 g/mol. The van der Waals surface area contributed by atoms with Gasteiger partial charge in [-0.05, 0) is 47.2 Å². The molecule has 0 spiro atoms. The van der Waals surface area contributed by atoms with E-state index in [0.29, 0.717) is 17.9 Å². The summed E-state index contributed by atoms with van der Waals surface area (Å²) in [5.74, 6) is 0.164. The highest BCUT2D eigenvalue weighted by Crippen LogP contribution is 2.35. The lowest BCUT2D eigenvalue weighted by atomic mass is 9.95. The molecule has 0 aliphatic rings. The number of fused-ring (bicyclic) bond motifs is 3. The van der Waals surface area contributed by atoms with Gasteiger partial charge in [0.25, 0.3) is 10.1 Å². The van der Waals surface area contributed by atoms with Crippen LogP contribution in [-0.4, -0.2) is 31.2 Å². The molecule has 0 aliphatic heterocycles. The third-order valence-corrected chi connectivity index (χ3v) is 6.25. The zero-order chi connectivity index (χ0) is 24.4. The van der Waals surface area contributed by atoms with Crippen LogP contribution in [0.4, 0.5) is 16.0 Å². The normalized spacial score (nSPS) is 11.7. The van der Waals surface area contributed by atoms with Crippen LogP contribution in [-0.2, 0) is 20.7 Å². The topological polar surface area (TPSA) is 81.2 Å². The molecule has 1 aromatic heterocycles. The first-order chi connectivity index (χ1) is 16.9. The lowest BCUT2D eigenvalue weighted by Crippen LogP contribution is -2.06. The van der Waals surface area contributed by atoms with Crippen LogP contribution < -0.4 is 5.32 Å². The SMILES string of the molecule is CS(=O)(=O)OCCc1ccc(Nc2ncc3cc(-c4ccccc4F)c4ccccc4c3n2)cc1. The van der Waals surface area contributed by atoms with Crippen LogP contribution in [0, 0.1) is 5.82 Å². The van der Waals surface area contributed by atoms with Crippen molar-refractivity contribution in [3.63, 3.8) is 0 Å². The fourth-order valence-electron chi connectivity index (χ4n) is 4.03. The van der Waals surface area contributed by atoms with Crippen molar-refractivity contribution in [1.82, 2.24) is 9.97 Å². The minimum atomic E-state index is -3.45. The molecule has 6 nitrogen and oxygen atoms in total. The first-order valence-corrected chi connectivity index (χ1v) is 12.8. The van der Waals surface area contributed by atoms with Crippen molar-refractivity contribution in [3.8, 4) is 11.1 Å². The van der Waals surface area contributed by atoms with E-state index in [4.69, 9.17) is 9.17 Å². The Kier molecular flexibility index (Phi) is 6.15. The molecule has 0 aliphatic carbocycles. The molecule has 0 atom stereocenters. The van der Waals surface area contributed by atoms with Crippen molar-refractivity contribution in [1.29, 1.82) is 0 Å². The summed E-state index contributed by atoms with van der Waals surface area (Å²) in [6.07, 6.45) is 3.25. The molecule has 5 aromatic rings. The molecule has 0 bridgehead atoms. The monoisotopic (exact) mass is 487 g/mol. The van der Waals surface area contributed by atoms with E-state index in [1.54, 1.807) is 18.3 Å². The largest absolute Gasteiger partial charge is 0.324 e. The maximum absolute atomic E-state index is 14.6. The summed E-state index contributed by atoms with van der Waals surface area (Å²) in [6, 6.07) is 24.0. The molecule has 176 valence electrons. The zero-order valence-electron chi connectivity index (χ0n) is 18.9. The molecule has 0 amide bonds. The number of rotatable bonds is 7. The standard InChI is InChI=1S/C27H22FN3O3S/c1-35(32,33)34-15-14-18-10-12-20(13-11-18)30-27-29-17-19-16-24(22-7-4-5-9-25(22)28)21-6-2-3-8-23(21)26(19)31-27/h2-13,16-17H,14-15H2,1H3,(H,29,30,31). The Balaban J connectivity index is 1.45. The first kappa shape index (κ1) is 22.9. The van der Waals surface area contributed by atoms with Crippen molar-refractivity contribution < 1.29 is 17.0 Å². The number of halogens is 1. The van der Waals surface area contributed by atoms with Gasteiger partial charge in [-0.15, -0.1) is 0 Å². The number of anilines is 2. The minimum Gasteiger partial charge on any atom is -0.324 e. The van der Waals surface area contributed by atoms with Gasteiger partial charge in [0.05, 0.1) is 18.4 Å². The maximum Gasteiger partial charge on any atom is 0.264 e. The van der Waals surface area contributed by atoms with Crippen LogP contribution in [0.5, 0.6) is 0 Å². The van der Waals surface area contributed by atoms with Gasteiger partial charge in [-0.25, -0.2) is 14.4 Å². The van der Waals surface area contributed by atoms with E-state index >= 15 is 0 Å². The average Bonchev–Trinajstić information content (AvgIpc) is 2.84.